The Morgan fingerprint density at radius 1 is 1.04 bits per heavy atom. The maximum absolute atomic E-state index is 12.2. The van der Waals surface area contributed by atoms with E-state index in [0.29, 0.717) is 34.9 Å². The van der Waals surface area contributed by atoms with Crippen LogP contribution >= 0.6 is 0 Å². The highest BCUT2D eigenvalue weighted by molar-refractivity contribution is 5.94. The zero-order chi connectivity index (χ0) is 17.5. The van der Waals surface area contributed by atoms with Gasteiger partial charge in [0.25, 0.3) is 5.91 Å². The number of ether oxygens (including phenoxy) is 3. The van der Waals surface area contributed by atoms with E-state index in [9.17, 15) is 4.79 Å². The second-order valence-corrected chi connectivity index (χ2v) is 4.91. The van der Waals surface area contributed by atoms with Crippen LogP contribution in [-0.4, -0.2) is 27.2 Å². The Kier molecular flexibility index (Phi) is 5.63. The van der Waals surface area contributed by atoms with Crippen LogP contribution in [0, 0.1) is 11.3 Å². The minimum Gasteiger partial charge on any atom is -0.493 e. The zero-order valence-electron chi connectivity index (χ0n) is 13.8. The van der Waals surface area contributed by atoms with Gasteiger partial charge in [-0.3, -0.25) is 4.79 Å². The fourth-order valence-electron chi connectivity index (χ4n) is 2.22. The van der Waals surface area contributed by atoms with Crippen LogP contribution in [0.3, 0.4) is 0 Å². The molecule has 24 heavy (non-hydrogen) atoms. The summed E-state index contributed by atoms with van der Waals surface area (Å²) in [5.74, 6) is 1.33. The van der Waals surface area contributed by atoms with Crippen LogP contribution in [0.2, 0.25) is 0 Å². The molecular formula is C18H18N2O4. The molecule has 0 atom stereocenters. The molecule has 6 nitrogen and oxygen atoms in total. The molecule has 0 aliphatic rings. The Morgan fingerprint density at radius 2 is 1.62 bits per heavy atom. The van der Waals surface area contributed by atoms with Gasteiger partial charge in [0.1, 0.15) is 0 Å². The van der Waals surface area contributed by atoms with Crippen LogP contribution in [-0.2, 0) is 6.54 Å². The van der Waals surface area contributed by atoms with Gasteiger partial charge < -0.3 is 19.5 Å². The predicted octanol–water partition coefficient (Wildman–Crippen LogP) is 2.51. The third kappa shape index (κ3) is 3.76. The number of nitrogens with one attached hydrogen (secondary N) is 1. The third-order valence-corrected chi connectivity index (χ3v) is 3.45. The van der Waals surface area contributed by atoms with Gasteiger partial charge >= 0.3 is 0 Å². The molecule has 0 aromatic heterocycles. The van der Waals surface area contributed by atoms with Crippen molar-refractivity contribution < 1.29 is 19.0 Å². The van der Waals surface area contributed by atoms with E-state index in [1.165, 1.54) is 21.3 Å². The lowest BCUT2D eigenvalue weighted by Crippen LogP contribution is -2.22. The van der Waals surface area contributed by atoms with E-state index in [4.69, 9.17) is 19.5 Å². The summed E-state index contributed by atoms with van der Waals surface area (Å²) in [5, 5.41) is 11.6. The summed E-state index contributed by atoms with van der Waals surface area (Å²) >= 11 is 0. The number of carbonyl (C=O) groups excluding carboxylic acids is 1. The fourth-order valence-corrected chi connectivity index (χ4v) is 2.22. The molecule has 1 amide bonds. The number of benzene rings is 2. The first kappa shape index (κ1) is 17.2. The van der Waals surface area contributed by atoms with Gasteiger partial charge in [0.05, 0.1) is 33.0 Å². The molecule has 0 bridgehead atoms. The van der Waals surface area contributed by atoms with Crippen molar-refractivity contribution in [1.82, 2.24) is 5.32 Å². The highest BCUT2D eigenvalue weighted by Crippen LogP contribution is 2.38. The average molecular weight is 326 g/mol. The van der Waals surface area contributed by atoms with Crippen LogP contribution in [0.25, 0.3) is 0 Å². The summed E-state index contributed by atoms with van der Waals surface area (Å²) < 4.78 is 15.8. The highest BCUT2D eigenvalue weighted by Gasteiger charge is 2.14. The quantitative estimate of drug-likeness (QED) is 0.882. The van der Waals surface area contributed by atoms with E-state index in [1.807, 2.05) is 6.07 Å². The standard InChI is InChI=1S/C18H18N2O4/c1-22-15-8-13(9-16(23-2)17(15)24-3)11-20-18(21)14-6-4-12(10-19)5-7-14/h4-9H,11H2,1-3H3,(H,20,21). The Morgan fingerprint density at radius 3 is 2.08 bits per heavy atom. The van der Waals surface area contributed by atoms with Gasteiger partial charge in [-0.1, -0.05) is 0 Å². The molecule has 0 saturated heterocycles. The van der Waals surface area contributed by atoms with E-state index in [0.717, 1.165) is 5.56 Å². The van der Waals surface area contributed by atoms with Crippen molar-refractivity contribution in [2.24, 2.45) is 0 Å². The molecule has 0 spiro atoms. The number of methoxy groups -OCH3 is 3. The van der Waals surface area contributed by atoms with Crippen molar-refractivity contribution in [2.45, 2.75) is 6.54 Å². The summed E-state index contributed by atoms with van der Waals surface area (Å²) in [4.78, 5) is 12.2. The molecule has 0 heterocycles. The number of nitriles is 1. The number of nitrogens with zero attached hydrogens (tertiary/aromatic N) is 1. The van der Waals surface area contributed by atoms with E-state index in [2.05, 4.69) is 5.32 Å². The van der Waals surface area contributed by atoms with Crippen molar-refractivity contribution in [3.63, 3.8) is 0 Å². The monoisotopic (exact) mass is 326 g/mol. The fraction of sp³-hybridized carbons (Fsp3) is 0.222. The maximum atomic E-state index is 12.2. The van der Waals surface area contributed by atoms with Crippen LogP contribution in [0.4, 0.5) is 0 Å². The third-order valence-electron chi connectivity index (χ3n) is 3.45. The summed E-state index contributed by atoms with van der Waals surface area (Å²) in [7, 11) is 4.61. The van der Waals surface area contributed by atoms with Crippen LogP contribution in [0.5, 0.6) is 17.2 Å². The normalized spacial score (nSPS) is 9.75. The maximum Gasteiger partial charge on any atom is 0.251 e. The van der Waals surface area contributed by atoms with Gasteiger partial charge in [0, 0.05) is 12.1 Å². The first-order valence-corrected chi connectivity index (χ1v) is 7.20. The first-order valence-electron chi connectivity index (χ1n) is 7.20. The molecule has 0 saturated carbocycles. The molecule has 0 aliphatic heterocycles. The van der Waals surface area contributed by atoms with Gasteiger partial charge in [-0.2, -0.15) is 5.26 Å². The largest absolute Gasteiger partial charge is 0.493 e. The molecule has 0 radical (unpaired) electrons. The lowest BCUT2D eigenvalue weighted by molar-refractivity contribution is 0.0951. The van der Waals surface area contributed by atoms with Crippen molar-refractivity contribution in [2.75, 3.05) is 21.3 Å². The van der Waals surface area contributed by atoms with Gasteiger partial charge in [0.15, 0.2) is 11.5 Å². The molecule has 6 heteroatoms. The molecule has 2 rings (SSSR count). The van der Waals surface area contributed by atoms with Crippen molar-refractivity contribution in [3.8, 4) is 23.3 Å². The highest BCUT2D eigenvalue weighted by atomic mass is 16.5. The van der Waals surface area contributed by atoms with Crippen LogP contribution < -0.4 is 19.5 Å². The lowest BCUT2D eigenvalue weighted by atomic mass is 10.1. The van der Waals surface area contributed by atoms with Gasteiger partial charge in [-0.15, -0.1) is 0 Å². The van der Waals surface area contributed by atoms with Gasteiger partial charge in [-0.25, -0.2) is 0 Å². The van der Waals surface area contributed by atoms with Crippen LogP contribution in [0.1, 0.15) is 21.5 Å². The average Bonchev–Trinajstić information content (AvgIpc) is 2.65. The number of rotatable bonds is 6. The van der Waals surface area contributed by atoms with Gasteiger partial charge in [-0.05, 0) is 42.0 Å². The van der Waals surface area contributed by atoms with Gasteiger partial charge in [0.2, 0.25) is 5.75 Å². The molecular weight excluding hydrogens is 308 g/mol. The van der Waals surface area contributed by atoms with Crippen molar-refractivity contribution in [3.05, 3.63) is 53.1 Å². The van der Waals surface area contributed by atoms with E-state index in [1.54, 1.807) is 36.4 Å². The first-order chi connectivity index (χ1) is 11.6. The number of amides is 1. The Bertz CT molecular complexity index is 739. The van der Waals surface area contributed by atoms with Crippen molar-refractivity contribution in [1.29, 1.82) is 5.26 Å². The summed E-state index contributed by atoms with van der Waals surface area (Å²) in [5.41, 5.74) is 1.81. The molecule has 2 aromatic carbocycles. The topological polar surface area (TPSA) is 80.6 Å². The summed E-state index contributed by atoms with van der Waals surface area (Å²) in [6.07, 6.45) is 0. The molecule has 0 fully saturated rings. The Hall–Kier alpha value is -3.20. The van der Waals surface area contributed by atoms with Crippen LogP contribution in [0.15, 0.2) is 36.4 Å². The number of hydrogen-bond acceptors (Lipinski definition) is 5. The number of hydrogen-bond donors (Lipinski definition) is 1. The Balaban J connectivity index is 2.13. The minimum absolute atomic E-state index is 0.228. The minimum atomic E-state index is -0.228. The lowest BCUT2D eigenvalue weighted by Gasteiger charge is -2.14. The second kappa shape index (κ2) is 7.88. The molecule has 0 aliphatic carbocycles. The molecule has 2 aromatic rings. The smallest absolute Gasteiger partial charge is 0.251 e. The SMILES string of the molecule is COc1cc(CNC(=O)c2ccc(C#N)cc2)cc(OC)c1OC. The molecule has 124 valence electrons. The zero-order valence-corrected chi connectivity index (χ0v) is 13.8. The van der Waals surface area contributed by atoms with E-state index >= 15 is 0 Å². The van der Waals surface area contributed by atoms with E-state index < -0.39 is 0 Å². The summed E-state index contributed by atoms with van der Waals surface area (Å²) in [6, 6.07) is 12.0. The number of carbonyl (C=O) groups is 1. The van der Waals surface area contributed by atoms with Crippen molar-refractivity contribution >= 4 is 5.91 Å². The molecule has 1 N–H and O–H groups in total. The molecule has 0 unspecified atom stereocenters. The predicted molar refractivity (Wildman–Crippen MR) is 88.4 cm³/mol. The summed E-state index contributed by atoms with van der Waals surface area (Å²) in [6.45, 7) is 0.301. The Labute approximate surface area is 140 Å². The van der Waals surface area contributed by atoms with E-state index in [-0.39, 0.29) is 5.91 Å². The second-order valence-electron chi connectivity index (χ2n) is 4.91.